The van der Waals surface area contributed by atoms with Gasteiger partial charge in [0.05, 0.1) is 0 Å². The maximum Gasteiger partial charge on any atom is 0.410 e. The van der Waals surface area contributed by atoms with E-state index in [4.69, 9.17) is 4.74 Å². The second-order valence-electron chi connectivity index (χ2n) is 10.9. The maximum atomic E-state index is 12.8. The number of ether oxygens (including phenoxy) is 1. The summed E-state index contributed by atoms with van der Waals surface area (Å²) in [5.41, 5.74) is 2.82. The number of fused-ring (bicyclic) bond motifs is 4. The van der Waals surface area contributed by atoms with Crippen molar-refractivity contribution < 1.29 is 9.53 Å². The number of piperidine rings is 2. The third-order valence-corrected chi connectivity index (χ3v) is 8.00. The highest BCUT2D eigenvalue weighted by molar-refractivity contribution is 5.69. The summed E-state index contributed by atoms with van der Waals surface area (Å²) in [5.74, 6) is 0. The highest BCUT2D eigenvalue weighted by Crippen LogP contribution is 2.46. The Kier molecular flexibility index (Phi) is 5.00. The minimum absolute atomic E-state index is 0.0997. The molecule has 4 aliphatic heterocycles. The SMILES string of the molecule is CC(C)(C)OC(=O)N1C2CCC1CC(N1CCC3(CCNc4ccccc43)CC1)C2. The average Bonchev–Trinajstić information content (AvgIpc) is 2.98. The van der Waals surface area contributed by atoms with Gasteiger partial charge in [-0.3, -0.25) is 0 Å². The fourth-order valence-corrected chi connectivity index (χ4v) is 6.57. The number of para-hydroxylation sites is 1. The molecule has 0 radical (unpaired) electrons. The molecule has 2 bridgehead atoms. The zero-order chi connectivity index (χ0) is 20.9. The lowest BCUT2D eigenvalue weighted by Gasteiger charge is -2.50. The van der Waals surface area contributed by atoms with Gasteiger partial charge in [-0.2, -0.15) is 0 Å². The molecule has 5 heteroatoms. The van der Waals surface area contributed by atoms with Crippen molar-refractivity contribution in [2.24, 2.45) is 0 Å². The zero-order valence-electron chi connectivity index (χ0n) is 18.8. The minimum atomic E-state index is -0.417. The second-order valence-corrected chi connectivity index (χ2v) is 10.9. The van der Waals surface area contributed by atoms with E-state index in [0.29, 0.717) is 23.5 Å². The molecule has 5 rings (SSSR count). The molecule has 3 fully saturated rings. The smallest absolute Gasteiger partial charge is 0.410 e. The quantitative estimate of drug-likeness (QED) is 0.723. The lowest BCUT2D eigenvalue weighted by molar-refractivity contribution is -0.00881. The van der Waals surface area contributed by atoms with Crippen molar-refractivity contribution >= 4 is 11.8 Å². The number of anilines is 1. The number of carbonyl (C=O) groups excluding carboxylic acids is 1. The van der Waals surface area contributed by atoms with Crippen molar-refractivity contribution in [1.29, 1.82) is 0 Å². The van der Waals surface area contributed by atoms with Gasteiger partial charge >= 0.3 is 6.09 Å². The van der Waals surface area contributed by atoms with Crippen LogP contribution in [0.2, 0.25) is 0 Å². The van der Waals surface area contributed by atoms with Gasteiger partial charge in [-0.05, 0) is 90.4 Å². The van der Waals surface area contributed by atoms with Crippen LogP contribution in [0.4, 0.5) is 10.5 Å². The molecule has 1 N–H and O–H groups in total. The van der Waals surface area contributed by atoms with Gasteiger partial charge in [-0.15, -0.1) is 0 Å². The molecule has 4 aliphatic rings. The molecule has 0 aromatic heterocycles. The Labute approximate surface area is 181 Å². The van der Waals surface area contributed by atoms with E-state index in [1.165, 1.54) is 43.6 Å². The Morgan fingerprint density at radius 3 is 2.37 bits per heavy atom. The van der Waals surface area contributed by atoms with Gasteiger partial charge in [0, 0.05) is 35.8 Å². The molecule has 5 nitrogen and oxygen atoms in total. The highest BCUT2D eigenvalue weighted by Gasteiger charge is 2.48. The van der Waals surface area contributed by atoms with E-state index in [1.54, 1.807) is 0 Å². The number of benzene rings is 1. The lowest BCUT2D eigenvalue weighted by Crippen LogP contribution is -2.56. The summed E-state index contributed by atoms with van der Waals surface area (Å²) in [4.78, 5) is 17.6. The van der Waals surface area contributed by atoms with Gasteiger partial charge in [-0.25, -0.2) is 4.79 Å². The van der Waals surface area contributed by atoms with Crippen LogP contribution in [0.25, 0.3) is 0 Å². The summed E-state index contributed by atoms with van der Waals surface area (Å²) in [6.45, 7) is 9.34. The van der Waals surface area contributed by atoms with Crippen molar-refractivity contribution in [3.63, 3.8) is 0 Å². The maximum absolute atomic E-state index is 12.8. The molecule has 1 aromatic carbocycles. The van der Waals surface area contributed by atoms with E-state index < -0.39 is 5.60 Å². The van der Waals surface area contributed by atoms with Gasteiger partial charge in [-0.1, -0.05) is 18.2 Å². The summed E-state index contributed by atoms with van der Waals surface area (Å²) in [7, 11) is 0. The number of hydrogen-bond acceptors (Lipinski definition) is 4. The Morgan fingerprint density at radius 1 is 1.03 bits per heavy atom. The summed E-state index contributed by atoms with van der Waals surface area (Å²) in [6, 6.07) is 10.3. The van der Waals surface area contributed by atoms with Crippen LogP contribution in [0, 0.1) is 0 Å². The van der Waals surface area contributed by atoms with Crippen molar-refractivity contribution in [2.75, 3.05) is 25.0 Å². The van der Waals surface area contributed by atoms with E-state index in [1.807, 2.05) is 20.8 Å². The van der Waals surface area contributed by atoms with Crippen LogP contribution < -0.4 is 5.32 Å². The molecular weight excluding hydrogens is 374 g/mol. The fraction of sp³-hybridized carbons (Fsp3) is 0.720. The van der Waals surface area contributed by atoms with Crippen molar-refractivity contribution in [1.82, 2.24) is 9.80 Å². The molecule has 1 spiro atoms. The van der Waals surface area contributed by atoms with Crippen molar-refractivity contribution in [3.05, 3.63) is 29.8 Å². The predicted molar refractivity (Wildman–Crippen MR) is 120 cm³/mol. The molecule has 2 atom stereocenters. The van der Waals surface area contributed by atoms with Crippen LogP contribution in [-0.2, 0) is 10.2 Å². The summed E-state index contributed by atoms with van der Waals surface area (Å²) in [6.07, 6.45) is 8.16. The Morgan fingerprint density at radius 2 is 1.70 bits per heavy atom. The van der Waals surface area contributed by atoms with Gasteiger partial charge in [0.15, 0.2) is 0 Å². The molecule has 0 aliphatic carbocycles. The zero-order valence-corrected chi connectivity index (χ0v) is 18.8. The summed E-state index contributed by atoms with van der Waals surface area (Å²) < 4.78 is 5.71. The normalized spacial score (nSPS) is 30.6. The average molecular weight is 412 g/mol. The molecule has 4 heterocycles. The van der Waals surface area contributed by atoms with E-state index >= 15 is 0 Å². The fourth-order valence-electron chi connectivity index (χ4n) is 6.57. The molecule has 0 saturated carbocycles. The topological polar surface area (TPSA) is 44.8 Å². The molecule has 1 amide bonds. The third-order valence-electron chi connectivity index (χ3n) is 8.00. The van der Waals surface area contributed by atoms with Gasteiger partial charge < -0.3 is 19.9 Å². The first kappa shape index (κ1) is 20.2. The number of hydrogen-bond donors (Lipinski definition) is 1. The largest absolute Gasteiger partial charge is 0.444 e. The van der Waals surface area contributed by atoms with Gasteiger partial charge in [0.1, 0.15) is 5.60 Å². The number of nitrogens with one attached hydrogen (secondary N) is 1. The second kappa shape index (κ2) is 7.44. The van der Waals surface area contributed by atoms with Gasteiger partial charge in [0.25, 0.3) is 0 Å². The number of nitrogens with zero attached hydrogens (tertiary/aromatic N) is 2. The summed E-state index contributed by atoms with van der Waals surface area (Å²) in [5, 5.41) is 3.60. The van der Waals surface area contributed by atoms with E-state index in [2.05, 4.69) is 39.4 Å². The van der Waals surface area contributed by atoms with Crippen molar-refractivity contribution in [3.8, 4) is 0 Å². The van der Waals surface area contributed by atoms with Crippen LogP contribution in [-0.4, -0.2) is 59.3 Å². The number of carbonyl (C=O) groups is 1. The minimum Gasteiger partial charge on any atom is -0.444 e. The lowest BCUT2D eigenvalue weighted by atomic mass is 9.68. The van der Waals surface area contributed by atoms with Crippen LogP contribution in [0.3, 0.4) is 0 Å². The van der Waals surface area contributed by atoms with Crippen LogP contribution in [0.15, 0.2) is 24.3 Å². The Hall–Kier alpha value is -1.75. The Bertz CT molecular complexity index is 780. The third kappa shape index (κ3) is 3.59. The number of rotatable bonds is 1. The standard InChI is InChI=1S/C25H37N3O2/c1-24(2,3)30-23(29)28-18-8-9-19(28)17-20(16-18)27-14-11-25(12-15-27)10-13-26-22-7-5-4-6-21(22)25/h4-7,18-20,26H,8-17H2,1-3H3. The molecule has 3 saturated heterocycles. The molecular formula is C25H37N3O2. The van der Waals surface area contributed by atoms with Gasteiger partial charge in [0.2, 0.25) is 0 Å². The number of amides is 1. The first-order valence-corrected chi connectivity index (χ1v) is 11.9. The molecule has 30 heavy (non-hydrogen) atoms. The van der Waals surface area contributed by atoms with Crippen LogP contribution >= 0.6 is 0 Å². The number of likely N-dealkylation sites (tertiary alicyclic amines) is 1. The predicted octanol–water partition coefficient (Wildman–Crippen LogP) is 4.77. The molecule has 1 aromatic rings. The first-order valence-electron chi connectivity index (χ1n) is 11.9. The van der Waals surface area contributed by atoms with E-state index in [0.717, 1.165) is 32.2 Å². The van der Waals surface area contributed by atoms with Crippen LogP contribution in [0.5, 0.6) is 0 Å². The van der Waals surface area contributed by atoms with Crippen molar-refractivity contribution in [2.45, 2.75) is 94.9 Å². The van der Waals surface area contributed by atoms with E-state index in [-0.39, 0.29) is 6.09 Å². The molecule has 164 valence electrons. The highest BCUT2D eigenvalue weighted by atomic mass is 16.6. The monoisotopic (exact) mass is 411 g/mol. The summed E-state index contributed by atoms with van der Waals surface area (Å²) >= 11 is 0. The molecule has 2 unspecified atom stereocenters. The first-order chi connectivity index (χ1) is 14.3. The van der Waals surface area contributed by atoms with E-state index in [9.17, 15) is 4.79 Å². The Balaban J connectivity index is 1.23. The van der Waals surface area contributed by atoms with Crippen LogP contribution in [0.1, 0.15) is 71.3 Å².